The molecule has 0 unspecified atom stereocenters. The van der Waals surface area contributed by atoms with Crippen LogP contribution in [0.5, 0.6) is 5.75 Å². The van der Waals surface area contributed by atoms with E-state index in [1.54, 1.807) is 29.0 Å². The van der Waals surface area contributed by atoms with E-state index in [0.29, 0.717) is 16.9 Å². The molecule has 4 heterocycles. The van der Waals surface area contributed by atoms with Crippen molar-refractivity contribution in [1.82, 2.24) is 19.4 Å². The lowest BCUT2D eigenvalue weighted by molar-refractivity contribution is -0.126. The lowest BCUT2D eigenvalue weighted by Crippen LogP contribution is -2.49. The molecule has 1 aromatic carbocycles. The van der Waals surface area contributed by atoms with E-state index in [0.717, 1.165) is 0 Å². The van der Waals surface area contributed by atoms with Gasteiger partial charge in [0, 0.05) is 37.8 Å². The quantitative estimate of drug-likeness (QED) is 0.146. The molecule has 232 valence electrons. The number of rotatable bonds is 5. The van der Waals surface area contributed by atoms with Gasteiger partial charge in [0.2, 0.25) is 5.91 Å². The van der Waals surface area contributed by atoms with Gasteiger partial charge in [-0.2, -0.15) is 5.26 Å². The molecular formula is C31H25Cl3F2N6O3. The van der Waals surface area contributed by atoms with Crippen molar-refractivity contribution >= 4 is 57.4 Å². The first-order valence-corrected chi connectivity index (χ1v) is 14.8. The summed E-state index contributed by atoms with van der Waals surface area (Å²) in [5.41, 5.74) is -0.344. The summed E-state index contributed by atoms with van der Waals surface area (Å²) in [4.78, 5) is 39.0. The van der Waals surface area contributed by atoms with E-state index in [1.807, 2.05) is 19.9 Å². The highest BCUT2D eigenvalue weighted by Crippen LogP contribution is 2.45. The lowest BCUT2D eigenvalue weighted by Gasteiger charge is -2.36. The summed E-state index contributed by atoms with van der Waals surface area (Å²) < 4.78 is 31.6. The van der Waals surface area contributed by atoms with Crippen molar-refractivity contribution in [3.8, 4) is 28.8 Å². The number of aryl methyl sites for hydroxylation is 1. The molecule has 1 amide bonds. The Labute approximate surface area is 271 Å². The number of aromatic hydroxyl groups is 1. The molecule has 1 saturated heterocycles. The maximum atomic E-state index is 15.5. The zero-order valence-corrected chi connectivity index (χ0v) is 26.5. The second-order valence-corrected chi connectivity index (χ2v) is 11.8. The summed E-state index contributed by atoms with van der Waals surface area (Å²) in [6.45, 7) is 10.1. The van der Waals surface area contributed by atoms with Crippen LogP contribution < -0.4 is 10.5 Å². The number of hydrogen-bond acceptors (Lipinski definition) is 7. The van der Waals surface area contributed by atoms with Gasteiger partial charge >= 0.3 is 0 Å². The topological polar surface area (TPSA) is 115 Å². The Morgan fingerprint density at radius 1 is 1.13 bits per heavy atom. The highest BCUT2D eigenvalue weighted by Gasteiger charge is 2.31. The molecule has 0 radical (unpaired) electrons. The van der Waals surface area contributed by atoms with E-state index in [4.69, 9.17) is 34.8 Å². The number of piperazine rings is 1. The molecule has 3 aromatic heterocycles. The molecule has 0 bridgehead atoms. The van der Waals surface area contributed by atoms with Gasteiger partial charge in [-0.25, -0.2) is 13.8 Å². The van der Waals surface area contributed by atoms with Crippen LogP contribution in [0.25, 0.3) is 28.0 Å². The van der Waals surface area contributed by atoms with Gasteiger partial charge in [0.15, 0.2) is 17.4 Å². The third-order valence-electron chi connectivity index (χ3n) is 7.67. The molecule has 4 aromatic rings. The van der Waals surface area contributed by atoms with Gasteiger partial charge in [0.25, 0.3) is 5.56 Å². The molecule has 1 fully saturated rings. The summed E-state index contributed by atoms with van der Waals surface area (Å²) in [6.07, 6.45) is 2.80. The second kappa shape index (κ2) is 12.3. The number of nitriles is 1. The minimum Gasteiger partial charge on any atom is -0.504 e. The van der Waals surface area contributed by atoms with Crippen molar-refractivity contribution in [3.63, 3.8) is 0 Å². The standard InChI is InChI=1S/C31H25Cl3F2N6O3/c1-5-19(43)40-8-10-41(11-9-40)28-16-12-18(32)26(20-21(33)24(36)22(34)29(44)23(20)35)39-30(16)42(31(45)17(28)13-37)27-15(4)6-7-38-25(27)14(2)3/h5-7,12,14,44H,1,8-11H2,2-4H3. The van der Waals surface area contributed by atoms with Crippen LogP contribution in [0.2, 0.25) is 15.1 Å². The fourth-order valence-corrected chi connectivity index (χ4v) is 6.21. The summed E-state index contributed by atoms with van der Waals surface area (Å²) >= 11 is 18.6. The number of hydrogen-bond donors (Lipinski definition) is 1. The molecule has 45 heavy (non-hydrogen) atoms. The van der Waals surface area contributed by atoms with Gasteiger partial charge in [-0.05, 0) is 36.6 Å². The molecule has 0 spiro atoms. The summed E-state index contributed by atoms with van der Waals surface area (Å²) in [5.74, 6) is -4.29. The smallest absolute Gasteiger partial charge is 0.276 e. The van der Waals surface area contributed by atoms with Crippen LogP contribution in [0.1, 0.15) is 36.6 Å². The number of fused-ring (bicyclic) bond motifs is 1. The lowest BCUT2D eigenvalue weighted by atomic mass is 10.0. The Balaban J connectivity index is 1.93. The van der Waals surface area contributed by atoms with Crippen LogP contribution in [0.4, 0.5) is 14.5 Å². The molecule has 1 aliphatic heterocycles. The summed E-state index contributed by atoms with van der Waals surface area (Å²) in [7, 11) is 0. The van der Waals surface area contributed by atoms with E-state index >= 15 is 4.39 Å². The zero-order chi connectivity index (χ0) is 32.9. The van der Waals surface area contributed by atoms with E-state index in [2.05, 4.69) is 16.5 Å². The van der Waals surface area contributed by atoms with Gasteiger partial charge in [0.1, 0.15) is 22.3 Å². The predicted octanol–water partition coefficient (Wildman–Crippen LogP) is 6.53. The number of phenolic OH excluding ortho intramolecular Hbond substituents is 1. The number of carbonyl (C=O) groups excluding carboxylic acids is 1. The van der Waals surface area contributed by atoms with Gasteiger partial charge in [0.05, 0.1) is 38.4 Å². The van der Waals surface area contributed by atoms with Crippen molar-refractivity contribution in [2.45, 2.75) is 26.7 Å². The number of nitrogens with zero attached hydrogens (tertiary/aromatic N) is 6. The van der Waals surface area contributed by atoms with Crippen LogP contribution >= 0.6 is 34.8 Å². The Hall–Kier alpha value is -4.24. The molecule has 9 nitrogen and oxygen atoms in total. The largest absolute Gasteiger partial charge is 0.504 e. The van der Waals surface area contributed by atoms with Crippen LogP contribution in [0.3, 0.4) is 0 Å². The maximum Gasteiger partial charge on any atom is 0.276 e. The Morgan fingerprint density at radius 3 is 2.40 bits per heavy atom. The fraction of sp³-hybridized carbons (Fsp3) is 0.258. The molecule has 0 saturated carbocycles. The number of aromatic nitrogens is 3. The van der Waals surface area contributed by atoms with Gasteiger partial charge < -0.3 is 14.9 Å². The summed E-state index contributed by atoms with van der Waals surface area (Å²) in [6, 6.07) is 5.11. The van der Waals surface area contributed by atoms with Gasteiger partial charge in [-0.1, -0.05) is 55.2 Å². The predicted molar refractivity (Wildman–Crippen MR) is 170 cm³/mol. The van der Waals surface area contributed by atoms with Crippen LogP contribution in [-0.4, -0.2) is 56.6 Å². The Morgan fingerprint density at radius 2 is 1.80 bits per heavy atom. The van der Waals surface area contributed by atoms with Crippen molar-refractivity contribution in [2.75, 3.05) is 31.1 Å². The van der Waals surface area contributed by atoms with Crippen molar-refractivity contribution in [2.24, 2.45) is 0 Å². The normalized spacial score (nSPS) is 13.4. The first kappa shape index (κ1) is 32.2. The first-order valence-electron chi connectivity index (χ1n) is 13.7. The van der Waals surface area contributed by atoms with E-state index < -0.39 is 38.6 Å². The van der Waals surface area contributed by atoms with Gasteiger partial charge in [-0.3, -0.25) is 19.1 Å². The van der Waals surface area contributed by atoms with E-state index in [9.17, 15) is 24.3 Å². The highest BCUT2D eigenvalue weighted by molar-refractivity contribution is 6.39. The average Bonchev–Trinajstić information content (AvgIpc) is 3.02. The van der Waals surface area contributed by atoms with Gasteiger partial charge in [-0.15, -0.1) is 0 Å². The second-order valence-electron chi connectivity index (χ2n) is 10.7. The van der Waals surface area contributed by atoms with Crippen LogP contribution in [-0.2, 0) is 4.79 Å². The third-order valence-corrected chi connectivity index (χ3v) is 8.66. The molecule has 1 N–H and O–H groups in total. The fourth-order valence-electron chi connectivity index (χ4n) is 5.47. The monoisotopic (exact) mass is 672 g/mol. The van der Waals surface area contributed by atoms with Crippen LogP contribution in [0.15, 0.2) is 35.8 Å². The minimum atomic E-state index is -1.37. The SMILES string of the molecule is C=CC(=O)N1CCN(c2c(C#N)c(=O)n(-c3c(C)ccnc3C(C)C)c3nc(-c4c(F)c(O)c(Cl)c(F)c4Cl)c(Cl)cc23)CC1. The minimum absolute atomic E-state index is 0.0543. The zero-order valence-electron chi connectivity index (χ0n) is 24.3. The third kappa shape index (κ3) is 5.27. The molecule has 0 aliphatic carbocycles. The van der Waals surface area contributed by atoms with Crippen molar-refractivity contribution in [3.05, 3.63) is 84.9 Å². The Bertz CT molecular complexity index is 1990. The van der Waals surface area contributed by atoms with E-state index in [-0.39, 0.29) is 71.0 Å². The average molecular weight is 674 g/mol. The number of phenols is 1. The number of halogens is 5. The number of amides is 1. The number of carbonyl (C=O) groups is 1. The van der Waals surface area contributed by atoms with Crippen molar-refractivity contribution in [1.29, 1.82) is 5.26 Å². The number of pyridine rings is 3. The van der Waals surface area contributed by atoms with Crippen molar-refractivity contribution < 1.29 is 18.7 Å². The maximum absolute atomic E-state index is 15.5. The van der Waals surface area contributed by atoms with Crippen LogP contribution in [0, 0.1) is 29.9 Å². The molecule has 0 atom stereocenters. The van der Waals surface area contributed by atoms with E-state index in [1.165, 1.54) is 16.7 Å². The molecule has 5 rings (SSSR count). The summed E-state index contributed by atoms with van der Waals surface area (Å²) in [5, 5.41) is 18.9. The Kier molecular flexibility index (Phi) is 8.77. The first-order chi connectivity index (χ1) is 21.3. The highest BCUT2D eigenvalue weighted by atomic mass is 35.5. The molecule has 14 heteroatoms. The number of benzene rings is 1. The molecular weight excluding hydrogens is 649 g/mol. The molecule has 1 aliphatic rings. The number of anilines is 1.